The van der Waals surface area contributed by atoms with Gasteiger partial charge in [-0.3, -0.25) is 9.78 Å². The number of nitrogens with zero attached hydrogens (tertiary/aromatic N) is 3. The molecule has 1 saturated heterocycles. The van der Waals surface area contributed by atoms with Crippen molar-refractivity contribution in [3.63, 3.8) is 0 Å². The lowest BCUT2D eigenvalue weighted by Crippen LogP contribution is -2.35. The Morgan fingerprint density at radius 3 is 2.66 bits per heavy atom. The minimum absolute atomic E-state index is 0.0269. The third kappa shape index (κ3) is 6.77. The highest BCUT2D eigenvalue weighted by molar-refractivity contribution is 5.95. The van der Waals surface area contributed by atoms with E-state index in [1.165, 1.54) is 0 Å². The highest BCUT2D eigenvalue weighted by Crippen LogP contribution is 2.29. The van der Waals surface area contributed by atoms with Crippen molar-refractivity contribution in [1.29, 1.82) is 0 Å². The summed E-state index contributed by atoms with van der Waals surface area (Å²) in [5.41, 5.74) is 4.54. The van der Waals surface area contributed by atoms with Crippen LogP contribution in [0.25, 0.3) is 22.2 Å². The van der Waals surface area contributed by atoms with Gasteiger partial charge >= 0.3 is 0 Å². The van der Waals surface area contributed by atoms with Crippen molar-refractivity contribution < 1.29 is 4.79 Å². The maximum absolute atomic E-state index is 12.6. The summed E-state index contributed by atoms with van der Waals surface area (Å²) in [7, 11) is 0. The smallest absolute Gasteiger partial charge is 0.251 e. The zero-order valence-corrected chi connectivity index (χ0v) is 21.0. The Kier molecular flexibility index (Phi) is 9.03. The minimum Gasteiger partial charge on any atom is -0.382 e. The number of carbonyl (C=O) groups is 1. The second-order valence-corrected chi connectivity index (χ2v) is 9.24. The molecule has 35 heavy (non-hydrogen) atoms. The molecule has 4 rings (SSSR count). The molecule has 186 valence electrons. The Balaban J connectivity index is 1.43. The zero-order valence-electron chi connectivity index (χ0n) is 21.0. The molecular weight excluding hydrogens is 436 g/mol. The van der Waals surface area contributed by atoms with Gasteiger partial charge in [0.2, 0.25) is 0 Å². The van der Waals surface area contributed by atoms with Crippen molar-refractivity contribution >= 4 is 22.5 Å². The number of aromatic nitrogens is 2. The number of fused-ring (bicyclic) bond motifs is 1. The van der Waals surface area contributed by atoms with E-state index in [-0.39, 0.29) is 5.91 Å². The summed E-state index contributed by atoms with van der Waals surface area (Å²) in [6, 6.07) is 12.2. The number of rotatable bonds is 11. The molecule has 1 aliphatic heterocycles. The molecule has 3 aromatic rings. The van der Waals surface area contributed by atoms with Crippen LogP contribution in [-0.4, -0.2) is 66.1 Å². The maximum Gasteiger partial charge on any atom is 0.251 e. The Morgan fingerprint density at radius 2 is 1.91 bits per heavy atom. The first-order valence-electron chi connectivity index (χ1n) is 13.0. The fourth-order valence-electron chi connectivity index (χ4n) is 4.67. The van der Waals surface area contributed by atoms with E-state index in [2.05, 4.69) is 45.7 Å². The highest BCUT2D eigenvalue weighted by atomic mass is 16.1. The predicted octanol–water partition coefficient (Wildman–Crippen LogP) is 4.31. The summed E-state index contributed by atoms with van der Waals surface area (Å²) < 4.78 is 0. The van der Waals surface area contributed by atoms with Crippen molar-refractivity contribution in [2.45, 2.75) is 45.6 Å². The van der Waals surface area contributed by atoms with Crippen LogP contribution < -0.4 is 16.0 Å². The second-order valence-electron chi connectivity index (χ2n) is 9.24. The van der Waals surface area contributed by atoms with Crippen molar-refractivity contribution in [3.8, 4) is 11.3 Å². The zero-order chi connectivity index (χ0) is 24.5. The Labute approximate surface area is 208 Å². The molecule has 0 aliphatic carbocycles. The summed E-state index contributed by atoms with van der Waals surface area (Å²) in [5.74, 6) is -0.0269. The number of nitrogens with one attached hydrogen (secondary N) is 3. The average molecular weight is 475 g/mol. The van der Waals surface area contributed by atoms with Gasteiger partial charge in [-0.05, 0) is 82.7 Å². The van der Waals surface area contributed by atoms with Gasteiger partial charge in [0, 0.05) is 47.2 Å². The van der Waals surface area contributed by atoms with Gasteiger partial charge in [-0.25, -0.2) is 4.98 Å². The van der Waals surface area contributed by atoms with E-state index >= 15 is 0 Å². The van der Waals surface area contributed by atoms with E-state index in [9.17, 15) is 4.79 Å². The standard InChI is InChI=1S/C28H38N6O/c1-3-17-34(4-2)18-5-13-31-28(35)22-8-6-21(7-9-22)26-19-27(32-23-10-14-29-15-11-23)24-20-30-16-12-25(24)33-26/h6-9,12,16,19-20,23,29H,3-5,10-11,13-15,17-18H2,1-2H3,(H,31,35)(H,32,33). The topological polar surface area (TPSA) is 82.2 Å². The van der Waals surface area contributed by atoms with Crippen LogP contribution in [0.5, 0.6) is 0 Å². The van der Waals surface area contributed by atoms with E-state index in [0.29, 0.717) is 18.2 Å². The molecule has 3 heterocycles. The Hall–Kier alpha value is -3.03. The van der Waals surface area contributed by atoms with Crippen LogP contribution in [0.15, 0.2) is 48.8 Å². The summed E-state index contributed by atoms with van der Waals surface area (Å²) in [6.45, 7) is 10.3. The SMILES string of the molecule is CCCN(CC)CCCNC(=O)c1ccc(-c2cc(NC3CCNCC3)c3cnccc3n2)cc1. The van der Waals surface area contributed by atoms with Crippen molar-refractivity contribution in [2.24, 2.45) is 0 Å². The first-order valence-corrected chi connectivity index (χ1v) is 13.0. The van der Waals surface area contributed by atoms with E-state index in [0.717, 1.165) is 86.3 Å². The maximum atomic E-state index is 12.6. The van der Waals surface area contributed by atoms with Crippen LogP contribution in [0, 0.1) is 0 Å². The van der Waals surface area contributed by atoms with Crippen LogP contribution in [-0.2, 0) is 0 Å². The number of amides is 1. The molecular formula is C28H38N6O. The van der Waals surface area contributed by atoms with Crippen molar-refractivity contribution in [1.82, 2.24) is 25.5 Å². The third-order valence-electron chi connectivity index (χ3n) is 6.68. The molecule has 7 nitrogen and oxygen atoms in total. The van der Waals surface area contributed by atoms with Gasteiger partial charge in [-0.15, -0.1) is 0 Å². The van der Waals surface area contributed by atoms with E-state index in [1.54, 1.807) is 6.20 Å². The summed E-state index contributed by atoms with van der Waals surface area (Å²) >= 11 is 0. The number of hydrogen-bond acceptors (Lipinski definition) is 6. The molecule has 0 spiro atoms. The van der Waals surface area contributed by atoms with Crippen molar-refractivity contribution in [3.05, 3.63) is 54.4 Å². The number of pyridine rings is 2. The van der Waals surface area contributed by atoms with Crippen LogP contribution in [0.3, 0.4) is 0 Å². The Bertz CT molecular complexity index is 1090. The average Bonchev–Trinajstić information content (AvgIpc) is 2.91. The van der Waals surface area contributed by atoms with E-state index < -0.39 is 0 Å². The number of hydrogen-bond donors (Lipinski definition) is 3. The molecule has 2 aromatic heterocycles. The molecule has 0 unspecified atom stereocenters. The third-order valence-corrected chi connectivity index (χ3v) is 6.68. The quantitative estimate of drug-likeness (QED) is 0.359. The first-order chi connectivity index (χ1) is 17.2. The van der Waals surface area contributed by atoms with E-state index in [1.807, 2.05) is 36.5 Å². The van der Waals surface area contributed by atoms with Crippen LogP contribution in [0.1, 0.15) is 49.9 Å². The number of anilines is 1. The lowest BCUT2D eigenvalue weighted by molar-refractivity contribution is 0.0951. The second kappa shape index (κ2) is 12.6. The molecule has 1 aromatic carbocycles. The molecule has 1 fully saturated rings. The monoisotopic (exact) mass is 474 g/mol. The number of piperidine rings is 1. The molecule has 1 aliphatic rings. The largest absolute Gasteiger partial charge is 0.382 e. The lowest BCUT2D eigenvalue weighted by atomic mass is 10.0. The molecule has 3 N–H and O–H groups in total. The Morgan fingerprint density at radius 1 is 1.11 bits per heavy atom. The normalized spacial score (nSPS) is 14.4. The predicted molar refractivity (Wildman–Crippen MR) is 144 cm³/mol. The van der Waals surface area contributed by atoms with Gasteiger partial charge < -0.3 is 20.9 Å². The van der Waals surface area contributed by atoms with Gasteiger partial charge in [0.05, 0.1) is 11.2 Å². The fraction of sp³-hybridized carbons (Fsp3) is 0.464. The molecule has 0 bridgehead atoms. The molecule has 0 saturated carbocycles. The van der Waals surface area contributed by atoms with Gasteiger partial charge in [0.1, 0.15) is 0 Å². The van der Waals surface area contributed by atoms with E-state index in [4.69, 9.17) is 4.98 Å². The molecule has 1 amide bonds. The van der Waals surface area contributed by atoms with Crippen LogP contribution in [0.4, 0.5) is 5.69 Å². The number of benzene rings is 1. The summed E-state index contributed by atoms with van der Waals surface area (Å²) in [6.07, 6.45) is 7.97. The minimum atomic E-state index is -0.0269. The fourth-order valence-corrected chi connectivity index (χ4v) is 4.67. The van der Waals surface area contributed by atoms with Crippen LogP contribution >= 0.6 is 0 Å². The van der Waals surface area contributed by atoms with Crippen LogP contribution in [0.2, 0.25) is 0 Å². The van der Waals surface area contributed by atoms with Gasteiger partial charge in [-0.2, -0.15) is 0 Å². The lowest BCUT2D eigenvalue weighted by Gasteiger charge is -2.25. The highest BCUT2D eigenvalue weighted by Gasteiger charge is 2.16. The summed E-state index contributed by atoms with van der Waals surface area (Å²) in [4.78, 5) is 24.2. The van der Waals surface area contributed by atoms with Gasteiger partial charge in [0.25, 0.3) is 5.91 Å². The van der Waals surface area contributed by atoms with Crippen molar-refractivity contribution in [2.75, 3.05) is 44.6 Å². The number of carbonyl (C=O) groups excluding carboxylic acids is 1. The first kappa shape index (κ1) is 25.1. The molecule has 0 atom stereocenters. The molecule has 0 radical (unpaired) electrons. The molecule has 7 heteroatoms. The van der Waals surface area contributed by atoms with Gasteiger partial charge in [0.15, 0.2) is 0 Å². The van der Waals surface area contributed by atoms with Gasteiger partial charge in [-0.1, -0.05) is 26.0 Å². The summed E-state index contributed by atoms with van der Waals surface area (Å²) in [5, 5.41) is 11.2.